The van der Waals surface area contributed by atoms with Crippen LogP contribution in [0.1, 0.15) is 13.8 Å². The van der Waals surface area contributed by atoms with E-state index in [-0.39, 0.29) is 26.7 Å². The Bertz CT molecular complexity index is 176. The Morgan fingerprint density at radius 1 is 1.12 bits per heavy atom. The van der Waals surface area contributed by atoms with Gasteiger partial charge in [-0.3, -0.25) is 0 Å². The van der Waals surface area contributed by atoms with Crippen molar-refractivity contribution in [2.24, 2.45) is 0 Å². The highest BCUT2D eigenvalue weighted by atomic mass is 16.7. The average molecular weight is 231 g/mol. The summed E-state index contributed by atoms with van der Waals surface area (Å²) in [4.78, 5) is 0. The summed E-state index contributed by atoms with van der Waals surface area (Å²) >= 11 is 0. The van der Waals surface area contributed by atoms with Crippen LogP contribution >= 0.6 is 0 Å². The van der Waals surface area contributed by atoms with Gasteiger partial charge in [0.15, 0.2) is 6.29 Å². The molecule has 0 amide bonds. The third-order valence-electron chi connectivity index (χ3n) is 2.65. The summed E-state index contributed by atoms with van der Waals surface area (Å²) in [6.07, 6.45) is -2.21. The summed E-state index contributed by atoms with van der Waals surface area (Å²) in [6.45, 7) is 4.28. The Labute approximate surface area is 98.6 Å². The summed E-state index contributed by atoms with van der Waals surface area (Å²) < 4.78 is 21.3. The maximum Gasteiger partial charge on any atom is 0.184 e. The molecule has 1 unspecified atom stereocenters. The van der Waals surface area contributed by atoms with Crippen LogP contribution in [-0.4, -0.2) is 65.1 Å². The van der Waals surface area contributed by atoms with E-state index in [1.54, 1.807) is 7.11 Å². The van der Waals surface area contributed by atoms with Crippen LogP contribution in [-0.2, 0) is 18.9 Å². The Balaban J connectivity index is 0.00000225. The second-order valence-electron chi connectivity index (χ2n) is 3.55. The Hall–Kier alpha value is -0.135. The Morgan fingerprint density at radius 3 is 2.12 bits per heavy atom. The first-order valence-electron chi connectivity index (χ1n) is 5.16. The highest BCUT2D eigenvalue weighted by Crippen LogP contribution is 2.25. The van der Waals surface area contributed by atoms with Crippen molar-refractivity contribution in [3.63, 3.8) is 0 Å². The van der Waals surface area contributed by atoms with Crippen molar-refractivity contribution in [2.45, 2.75) is 44.6 Å². The molecule has 5 atom stereocenters. The van der Waals surface area contributed by atoms with Crippen LogP contribution in [0.5, 0.6) is 0 Å². The van der Waals surface area contributed by atoms with Crippen molar-refractivity contribution in [1.82, 2.24) is 0 Å². The molecule has 0 aromatic carbocycles. The molecule has 0 saturated carbocycles. The Morgan fingerprint density at radius 2 is 1.69 bits per heavy atom. The lowest BCUT2D eigenvalue weighted by Crippen LogP contribution is -2.58. The molecule has 1 aliphatic heterocycles. The maximum atomic E-state index is 9.67. The summed E-state index contributed by atoms with van der Waals surface area (Å²) in [6, 6.07) is 0. The van der Waals surface area contributed by atoms with E-state index in [4.69, 9.17) is 18.9 Å². The van der Waals surface area contributed by atoms with Crippen molar-refractivity contribution < 1.29 is 24.1 Å². The molecule has 0 aromatic rings. The van der Waals surface area contributed by atoms with Crippen LogP contribution in [0.4, 0.5) is 0 Å². The molecular weight excluding hydrogens is 211 g/mol. The fourth-order valence-corrected chi connectivity index (χ4v) is 1.95. The third kappa shape index (κ3) is 3.18. The maximum absolute atomic E-state index is 9.67. The third-order valence-corrected chi connectivity index (χ3v) is 2.65. The van der Waals surface area contributed by atoms with Gasteiger partial charge in [-0.1, -0.05) is 0 Å². The zero-order valence-corrected chi connectivity index (χ0v) is 10.3. The Kier molecular flexibility index (Phi) is 7.18. The van der Waals surface area contributed by atoms with E-state index >= 15 is 0 Å². The predicted molar refractivity (Wildman–Crippen MR) is 59.3 cm³/mol. The van der Waals surface area contributed by atoms with Gasteiger partial charge >= 0.3 is 0 Å². The highest BCUT2D eigenvalue weighted by Gasteiger charge is 2.44. The van der Waals surface area contributed by atoms with Gasteiger partial charge < -0.3 is 24.1 Å². The molecule has 1 N–H and O–H groups in total. The first kappa shape index (κ1) is 15.9. The lowest BCUT2D eigenvalue weighted by atomic mass is 9.99. The lowest BCUT2D eigenvalue weighted by molar-refractivity contribution is -0.294. The van der Waals surface area contributed by atoms with Crippen molar-refractivity contribution in [3.05, 3.63) is 0 Å². The molecule has 16 heavy (non-hydrogen) atoms. The number of aliphatic hydroxyl groups excluding tert-OH is 1. The summed E-state index contributed by atoms with van der Waals surface area (Å²) in [5.74, 6) is 0. The monoisotopic (exact) mass is 231 g/mol. The van der Waals surface area contributed by atoms with Crippen molar-refractivity contribution >= 4 is 8.41 Å². The minimum Gasteiger partial charge on any atom is -0.376 e. The van der Waals surface area contributed by atoms with Crippen LogP contribution < -0.4 is 0 Å². The first-order valence-corrected chi connectivity index (χ1v) is 5.16. The molecule has 0 aromatic heterocycles. The van der Waals surface area contributed by atoms with Crippen LogP contribution in [0.2, 0.25) is 0 Å². The molecule has 1 heterocycles. The van der Waals surface area contributed by atoms with Crippen LogP contribution in [0, 0.1) is 0 Å². The summed E-state index contributed by atoms with van der Waals surface area (Å²) in [7, 11) is 3.12. The topological polar surface area (TPSA) is 57.2 Å². The molecule has 0 spiro atoms. The fraction of sp³-hybridized carbons (Fsp3) is 1.00. The molecule has 93 valence electrons. The van der Waals surface area contributed by atoms with Crippen molar-refractivity contribution in [1.29, 1.82) is 0 Å². The molecule has 1 saturated heterocycles. The molecule has 5 nitrogen and oxygen atoms in total. The molecule has 0 aliphatic carbocycles. The fourth-order valence-electron chi connectivity index (χ4n) is 1.95. The smallest absolute Gasteiger partial charge is 0.184 e. The highest BCUT2D eigenvalue weighted by molar-refractivity contribution is 5.75. The van der Waals surface area contributed by atoms with E-state index < -0.39 is 12.4 Å². The number of aliphatic hydroxyl groups is 1. The van der Waals surface area contributed by atoms with Gasteiger partial charge in [-0.25, -0.2) is 0 Å². The van der Waals surface area contributed by atoms with Gasteiger partial charge in [0.2, 0.25) is 0 Å². The van der Waals surface area contributed by atoms with Gasteiger partial charge in [-0.05, 0) is 13.8 Å². The number of hydrogen-bond donors (Lipinski definition) is 1. The second kappa shape index (κ2) is 7.24. The average Bonchev–Trinajstić information content (AvgIpc) is 2.18. The standard InChI is InChI=1S/C10H20O5.B/c1-5-14-8-7(12-3)6(2)15-10(11)9(8)13-4;/h6-11H,5H2,1-4H3;/t6-,7-,8+,9+,10?;/m0./s1. The van der Waals surface area contributed by atoms with Crippen LogP contribution in [0.3, 0.4) is 0 Å². The van der Waals surface area contributed by atoms with E-state index in [1.165, 1.54) is 7.11 Å². The molecule has 1 fully saturated rings. The zero-order chi connectivity index (χ0) is 11.4. The van der Waals surface area contributed by atoms with Crippen molar-refractivity contribution in [3.8, 4) is 0 Å². The normalized spacial score (nSPS) is 39.2. The minimum atomic E-state index is -0.965. The molecular formula is C10H20BO5. The van der Waals surface area contributed by atoms with E-state index in [0.29, 0.717) is 6.61 Å². The second-order valence-corrected chi connectivity index (χ2v) is 3.55. The molecule has 6 heteroatoms. The van der Waals surface area contributed by atoms with E-state index in [9.17, 15) is 5.11 Å². The van der Waals surface area contributed by atoms with E-state index in [0.717, 1.165) is 0 Å². The van der Waals surface area contributed by atoms with Gasteiger partial charge in [-0.2, -0.15) is 0 Å². The van der Waals surface area contributed by atoms with Crippen LogP contribution in [0.15, 0.2) is 0 Å². The molecule has 0 bridgehead atoms. The quantitative estimate of drug-likeness (QED) is 0.678. The number of ether oxygens (including phenoxy) is 4. The van der Waals surface area contributed by atoms with Crippen molar-refractivity contribution in [2.75, 3.05) is 20.8 Å². The van der Waals surface area contributed by atoms with Gasteiger partial charge in [0.25, 0.3) is 0 Å². The minimum absolute atomic E-state index is 0. The first-order chi connectivity index (χ1) is 7.15. The summed E-state index contributed by atoms with van der Waals surface area (Å²) in [5, 5.41) is 9.67. The van der Waals surface area contributed by atoms with Gasteiger partial charge in [0.1, 0.15) is 18.3 Å². The number of methoxy groups -OCH3 is 2. The summed E-state index contributed by atoms with van der Waals surface area (Å²) in [5.41, 5.74) is 0. The lowest BCUT2D eigenvalue weighted by Gasteiger charge is -2.42. The van der Waals surface area contributed by atoms with Gasteiger partial charge in [-0.15, -0.1) is 0 Å². The van der Waals surface area contributed by atoms with Gasteiger partial charge in [0.05, 0.1) is 6.10 Å². The molecule has 1 aliphatic rings. The van der Waals surface area contributed by atoms with Crippen LogP contribution in [0.25, 0.3) is 0 Å². The SMILES string of the molecule is CCO[C@@H]1[C@@H](OC)[C@H](C)OC(O)[C@@H]1OC.[B]. The molecule has 3 radical (unpaired) electrons. The predicted octanol–water partition coefficient (Wildman–Crippen LogP) is -0.222. The van der Waals surface area contributed by atoms with E-state index in [2.05, 4.69) is 0 Å². The number of hydrogen-bond acceptors (Lipinski definition) is 5. The van der Waals surface area contributed by atoms with E-state index in [1.807, 2.05) is 13.8 Å². The largest absolute Gasteiger partial charge is 0.376 e. The number of rotatable bonds is 4. The van der Waals surface area contributed by atoms with Gasteiger partial charge in [0, 0.05) is 29.2 Å². The molecule has 1 rings (SSSR count). The zero-order valence-electron chi connectivity index (χ0n) is 10.3.